The lowest BCUT2D eigenvalue weighted by molar-refractivity contribution is -0.385. The van der Waals surface area contributed by atoms with E-state index in [1.807, 2.05) is 0 Å². The van der Waals surface area contributed by atoms with Crippen LogP contribution in [-0.4, -0.2) is 17.1 Å². The molecule has 12 heteroatoms. The average Bonchev–Trinajstić information content (AvgIpc) is 3.05. The largest absolute Gasteiger partial charge is 0.545 e. The van der Waals surface area contributed by atoms with Gasteiger partial charge in [-0.3, -0.25) is 10.1 Å². The number of alkyl halides is 3. The van der Waals surface area contributed by atoms with Gasteiger partial charge in [-0.1, -0.05) is 54.6 Å². The fourth-order valence-electron chi connectivity index (χ4n) is 4.06. The predicted molar refractivity (Wildman–Crippen MR) is 163 cm³/mol. The van der Waals surface area contributed by atoms with Crippen LogP contribution in [0.4, 0.5) is 23.2 Å². The number of allylic oxidation sites excluding steroid dienone is 4. The van der Waals surface area contributed by atoms with Gasteiger partial charge in [0.1, 0.15) is 12.0 Å². The van der Waals surface area contributed by atoms with Crippen LogP contribution >= 0.6 is 0 Å². The molecular formula is C34H25F4NO6S. The Balaban J connectivity index is 0.000000284. The van der Waals surface area contributed by atoms with E-state index in [4.69, 9.17) is 9.47 Å². The van der Waals surface area contributed by atoms with Crippen LogP contribution in [0.5, 0.6) is 17.2 Å². The third-order valence-electron chi connectivity index (χ3n) is 6.41. The third-order valence-corrected chi connectivity index (χ3v) is 8.37. The Bertz CT molecular complexity index is 1750. The monoisotopic (exact) mass is 651 g/mol. The minimum atomic E-state index is -4.74. The van der Waals surface area contributed by atoms with Gasteiger partial charge in [0, 0.05) is 18.6 Å². The number of carbonyl (C=O) groups is 1. The first-order chi connectivity index (χ1) is 21.9. The molecule has 0 radical (unpaired) electrons. The lowest BCUT2D eigenvalue weighted by atomic mass is 10.0. The predicted octanol–water partition coefficient (Wildman–Crippen LogP) is 7.80. The topological polar surface area (TPSA) is 102 Å². The summed E-state index contributed by atoms with van der Waals surface area (Å²) >= 11 is 0. The number of ether oxygens (including phenoxy) is 2. The third kappa shape index (κ3) is 9.08. The molecule has 4 aromatic carbocycles. The molecule has 0 N–H and O–H groups in total. The molecule has 0 saturated heterocycles. The minimum absolute atomic E-state index is 0.0216. The number of carbonyl (C=O) groups excluding carboxylic acids is 1. The molecule has 236 valence electrons. The van der Waals surface area contributed by atoms with Crippen molar-refractivity contribution in [3.63, 3.8) is 0 Å². The van der Waals surface area contributed by atoms with E-state index < -0.39 is 39.9 Å². The van der Waals surface area contributed by atoms with Crippen LogP contribution in [0.3, 0.4) is 0 Å². The van der Waals surface area contributed by atoms with Crippen LogP contribution in [0.2, 0.25) is 0 Å². The normalized spacial score (nSPS) is 13.4. The van der Waals surface area contributed by atoms with Crippen molar-refractivity contribution in [2.75, 3.05) is 6.26 Å². The number of nitro groups is 1. The highest BCUT2D eigenvalue weighted by molar-refractivity contribution is 7.96. The Morgan fingerprint density at radius 2 is 1.54 bits per heavy atom. The van der Waals surface area contributed by atoms with Gasteiger partial charge in [0.25, 0.3) is 0 Å². The maximum Gasteiger partial charge on any atom is 0.416 e. The van der Waals surface area contributed by atoms with E-state index >= 15 is 0 Å². The van der Waals surface area contributed by atoms with Gasteiger partial charge in [-0.15, -0.1) is 0 Å². The van der Waals surface area contributed by atoms with Crippen molar-refractivity contribution >= 4 is 22.6 Å². The minimum Gasteiger partial charge on any atom is -0.545 e. The standard InChI is InChI=1S/C21H13F4NO6.C13H13S/c22-16-9-14(21(23,24)25)4-7-18(16)32-15-5-6-17(26(29)30)19(10-15)31-11-12-2-1-3-13(8-12)20(27)28;1-14(12-8-4-2-5-9-12)13-10-6-3-7-11-13/h1-7,9-11H,8H2,(H,27,28);2-11H,1H3/q;+1/p-1. The summed E-state index contributed by atoms with van der Waals surface area (Å²) in [6, 6.07) is 26.1. The second-order valence-electron chi connectivity index (χ2n) is 9.59. The molecule has 0 bridgehead atoms. The zero-order valence-electron chi connectivity index (χ0n) is 24.1. The van der Waals surface area contributed by atoms with Crippen molar-refractivity contribution in [2.45, 2.75) is 22.4 Å². The summed E-state index contributed by atoms with van der Waals surface area (Å²) in [4.78, 5) is 24.3. The van der Waals surface area contributed by atoms with Crippen LogP contribution in [0.15, 0.2) is 142 Å². The number of hydrogen-bond acceptors (Lipinski definition) is 6. The lowest BCUT2D eigenvalue weighted by Gasteiger charge is -2.13. The van der Waals surface area contributed by atoms with Crippen molar-refractivity contribution in [3.05, 3.63) is 154 Å². The van der Waals surface area contributed by atoms with Crippen LogP contribution in [-0.2, 0) is 21.9 Å². The Hall–Kier alpha value is -5.36. The highest BCUT2D eigenvalue weighted by atomic mass is 32.2. The SMILES string of the molecule is C[S+](c1ccccc1)c1ccccc1.O=C([O-])C1=CC=CC(=COc2cc(Oc3ccc(C(F)(F)F)cc3F)ccc2[N+](=O)[O-])C1. The molecule has 0 aliphatic heterocycles. The maximum atomic E-state index is 14.0. The smallest absolute Gasteiger partial charge is 0.416 e. The molecule has 0 fully saturated rings. The number of rotatable bonds is 8. The quantitative estimate of drug-likeness (QED) is 0.0634. The number of benzene rings is 4. The van der Waals surface area contributed by atoms with Gasteiger partial charge in [0.15, 0.2) is 21.4 Å². The summed E-state index contributed by atoms with van der Waals surface area (Å²) in [5, 5.41) is 22.2. The molecular weight excluding hydrogens is 626 g/mol. The average molecular weight is 652 g/mol. The van der Waals surface area contributed by atoms with Crippen molar-refractivity contribution in [1.29, 1.82) is 0 Å². The highest BCUT2D eigenvalue weighted by Crippen LogP contribution is 2.36. The zero-order chi connectivity index (χ0) is 33.3. The first kappa shape index (κ1) is 33.5. The second kappa shape index (κ2) is 15.1. The van der Waals surface area contributed by atoms with Gasteiger partial charge in [-0.05, 0) is 59.7 Å². The fraction of sp³-hybridized carbons (Fsp3) is 0.0882. The van der Waals surface area contributed by atoms with Crippen molar-refractivity contribution in [1.82, 2.24) is 0 Å². The molecule has 0 heterocycles. The van der Waals surface area contributed by atoms with Crippen LogP contribution in [0.1, 0.15) is 12.0 Å². The molecule has 0 aromatic heterocycles. The molecule has 1 aliphatic carbocycles. The van der Waals surface area contributed by atoms with E-state index in [0.29, 0.717) is 11.6 Å². The summed E-state index contributed by atoms with van der Waals surface area (Å²) in [5.41, 5.74) is -1.32. The van der Waals surface area contributed by atoms with E-state index in [0.717, 1.165) is 30.5 Å². The number of nitrogens with zero attached hydrogens (tertiary/aromatic N) is 1. The van der Waals surface area contributed by atoms with Crippen LogP contribution < -0.4 is 14.6 Å². The first-order valence-electron chi connectivity index (χ1n) is 13.5. The van der Waals surface area contributed by atoms with E-state index in [9.17, 15) is 37.6 Å². The summed E-state index contributed by atoms with van der Waals surface area (Å²) < 4.78 is 62.6. The molecule has 0 atom stereocenters. The summed E-state index contributed by atoms with van der Waals surface area (Å²) in [6.07, 6.45) is 2.88. The Morgan fingerprint density at radius 3 is 2.09 bits per heavy atom. The Kier molecular flexibility index (Phi) is 11.0. The van der Waals surface area contributed by atoms with E-state index in [1.54, 1.807) is 0 Å². The molecule has 46 heavy (non-hydrogen) atoms. The molecule has 4 aromatic rings. The van der Waals surface area contributed by atoms with Gasteiger partial charge >= 0.3 is 11.9 Å². The number of aliphatic carboxylic acids is 1. The molecule has 1 aliphatic rings. The van der Waals surface area contributed by atoms with Crippen molar-refractivity contribution < 1.29 is 41.9 Å². The molecule has 0 unspecified atom stereocenters. The van der Waals surface area contributed by atoms with Gasteiger partial charge in [-0.2, -0.15) is 13.2 Å². The van der Waals surface area contributed by atoms with Gasteiger partial charge < -0.3 is 19.4 Å². The van der Waals surface area contributed by atoms with Crippen molar-refractivity contribution in [2.24, 2.45) is 0 Å². The Labute approximate surface area is 264 Å². The Morgan fingerprint density at radius 1 is 0.913 bits per heavy atom. The second-order valence-corrected chi connectivity index (χ2v) is 11.6. The van der Waals surface area contributed by atoms with Gasteiger partial charge in [0.2, 0.25) is 5.75 Å². The van der Waals surface area contributed by atoms with Gasteiger partial charge in [0.05, 0.1) is 33.6 Å². The molecule has 0 saturated carbocycles. The molecule has 5 rings (SSSR count). The van der Waals surface area contributed by atoms with E-state index in [-0.39, 0.29) is 40.5 Å². The number of halogens is 4. The van der Waals surface area contributed by atoms with E-state index in [2.05, 4.69) is 66.9 Å². The van der Waals surface area contributed by atoms with Gasteiger partial charge in [-0.25, -0.2) is 4.39 Å². The van der Waals surface area contributed by atoms with Crippen molar-refractivity contribution in [3.8, 4) is 17.2 Å². The number of hydrogen-bond donors (Lipinski definition) is 0. The lowest BCUT2D eigenvalue weighted by Crippen LogP contribution is -2.25. The molecule has 7 nitrogen and oxygen atoms in total. The summed E-state index contributed by atoms with van der Waals surface area (Å²) in [5.74, 6) is -3.64. The van der Waals surface area contributed by atoms with Crippen LogP contribution in [0, 0.1) is 15.9 Å². The number of carboxylic acids is 1. The molecule has 0 amide bonds. The maximum absolute atomic E-state index is 14.0. The number of nitro benzene ring substituents is 1. The summed E-state index contributed by atoms with van der Waals surface area (Å²) in [6.45, 7) is 0. The molecule has 0 spiro atoms. The highest BCUT2D eigenvalue weighted by Gasteiger charge is 2.31. The zero-order valence-corrected chi connectivity index (χ0v) is 24.9. The van der Waals surface area contributed by atoms with Crippen LogP contribution in [0.25, 0.3) is 0 Å². The van der Waals surface area contributed by atoms with E-state index in [1.165, 1.54) is 28.0 Å². The number of carboxylic acid groups (broad SMARTS) is 1. The summed E-state index contributed by atoms with van der Waals surface area (Å²) in [7, 11) is 0.203. The first-order valence-corrected chi connectivity index (χ1v) is 15.1. The fourth-order valence-corrected chi connectivity index (χ4v) is 5.46.